The summed E-state index contributed by atoms with van der Waals surface area (Å²) in [6.45, 7) is 6.95. The van der Waals surface area contributed by atoms with Crippen LogP contribution in [0, 0.1) is 0 Å². The van der Waals surface area contributed by atoms with E-state index >= 15 is 0 Å². The number of unbranched alkanes of at least 4 members (excludes halogenated alkanes) is 5. The Morgan fingerprint density at radius 1 is 1.00 bits per heavy atom. The van der Waals surface area contributed by atoms with E-state index in [0.29, 0.717) is 5.41 Å². The molecule has 0 aromatic carbocycles. The summed E-state index contributed by atoms with van der Waals surface area (Å²) in [6, 6.07) is 2.16. The lowest BCUT2D eigenvalue weighted by atomic mass is 9.77. The Morgan fingerprint density at radius 2 is 1.61 bits per heavy atom. The number of nitrogens with one attached hydrogen (secondary N) is 1. The second-order valence-corrected chi connectivity index (χ2v) is 5.80. The zero-order valence-electron chi connectivity index (χ0n) is 12.5. The highest BCUT2D eigenvalue weighted by molar-refractivity contribution is 5.13. The Labute approximate surface area is 113 Å². The molecule has 0 aliphatic heterocycles. The van der Waals surface area contributed by atoms with Crippen molar-refractivity contribution in [3.05, 3.63) is 18.0 Å². The highest BCUT2D eigenvalue weighted by Crippen LogP contribution is 2.33. The van der Waals surface area contributed by atoms with Gasteiger partial charge in [-0.3, -0.25) is 5.10 Å². The first-order chi connectivity index (χ1) is 8.73. The van der Waals surface area contributed by atoms with E-state index in [9.17, 15) is 0 Å². The van der Waals surface area contributed by atoms with Crippen molar-refractivity contribution in [1.29, 1.82) is 0 Å². The fraction of sp³-hybridized carbons (Fsp3) is 0.812. The molecule has 104 valence electrons. The average Bonchev–Trinajstić information content (AvgIpc) is 2.89. The normalized spacial score (nSPS) is 14.6. The zero-order valence-corrected chi connectivity index (χ0v) is 12.5. The molecule has 0 amide bonds. The molecule has 1 atom stereocenters. The van der Waals surface area contributed by atoms with Gasteiger partial charge < -0.3 is 0 Å². The van der Waals surface area contributed by atoms with Gasteiger partial charge in [-0.05, 0) is 18.9 Å². The molecule has 0 aliphatic rings. The largest absolute Gasteiger partial charge is 0.282 e. The van der Waals surface area contributed by atoms with Gasteiger partial charge in [-0.1, -0.05) is 65.7 Å². The fourth-order valence-corrected chi connectivity index (χ4v) is 2.69. The minimum atomic E-state index is 0.305. The maximum absolute atomic E-state index is 4.14. The van der Waals surface area contributed by atoms with Crippen LogP contribution in [0.15, 0.2) is 12.3 Å². The standard InChI is InChI=1S/C16H30N2/c1-4-6-8-10-13-16(3,12-9-7-5-2)15-11-14-17-18-15/h11,14H,4-10,12-13H2,1-3H3,(H,17,18). The molecule has 0 bridgehead atoms. The van der Waals surface area contributed by atoms with Gasteiger partial charge in [0.15, 0.2) is 0 Å². The molecule has 0 aliphatic carbocycles. The maximum atomic E-state index is 4.14. The minimum absolute atomic E-state index is 0.305. The summed E-state index contributed by atoms with van der Waals surface area (Å²) < 4.78 is 0. The molecule has 1 heterocycles. The smallest absolute Gasteiger partial charge is 0.0490 e. The van der Waals surface area contributed by atoms with Crippen molar-refractivity contribution in [2.75, 3.05) is 0 Å². The first-order valence-electron chi connectivity index (χ1n) is 7.73. The van der Waals surface area contributed by atoms with Gasteiger partial charge in [0.1, 0.15) is 0 Å². The molecule has 2 heteroatoms. The molecule has 1 unspecified atom stereocenters. The molecule has 0 spiro atoms. The van der Waals surface area contributed by atoms with Crippen LogP contribution < -0.4 is 0 Å². The molecule has 1 aromatic heterocycles. The Morgan fingerprint density at radius 3 is 2.17 bits per heavy atom. The maximum Gasteiger partial charge on any atom is 0.0490 e. The molecule has 0 saturated carbocycles. The molecular formula is C16H30N2. The number of H-pyrrole nitrogens is 1. The molecule has 1 rings (SSSR count). The Kier molecular flexibility index (Phi) is 7.07. The van der Waals surface area contributed by atoms with Gasteiger partial charge >= 0.3 is 0 Å². The predicted octanol–water partition coefficient (Wildman–Crippen LogP) is 5.22. The van der Waals surface area contributed by atoms with E-state index in [1.165, 1.54) is 63.5 Å². The third kappa shape index (κ3) is 4.83. The highest BCUT2D eigenvalue weighted by Gasteiger charge is 2.26. The number of hydrogen-bond donors (Lipinski definition) is 1. The van der Waals surface area contributed by atoms with Crippen molar-refractivity contribution in [1.82, 2.24) is 10.2 Å². The Hall–Kier alpha value is -0.790. The third-order valence-corrected chi connectivity index (χ3v) is 4.07. The summed E-state index contributed by atoms with van der Waals surface area (Å²) in [7, 11) is 0. The second-order valence-electron chi connectivity index (χ2n) is 5.80. The van der Waals surface area contributed by atoms with Gasteiger partial charge in [0.25, 0.3) is 0 Å². The van der Waals surface area contributed by atoms with Crippen LogP contribution in [-0.4, -0.2) is 10.2 Å². The van der Waals surface area contributed by atoms with Gasteiger partial charge in [0.05, 0.1) is 0 Å². The Bertz CT molecular complexity index is 292. The molecule has 0 saturated heterocycles. The van der Waals surface area contributed by atoms with Crippen LogP contribution in [0.1, 0.15) is 84.3 Å². The summed E-state index contributed by atoms with van der Waals surface area (Å²) in [4.78, 5) is 0. The van der Waals surface area contributed by atoms with E-state index in [1.807, 2.05) is 6.20 Å². The number of hydrogen-bond acceptors (Lipinski definition) is 1. The van der Waals surface area contributed by atoms with E-state index in [1.54, 1.807) is 0 Å². The quantitative estimate of drug-likeness (QED) is 0.567. The van der Waals surface area contributed by atoms with Gasteiger partial charge in [0.2, 0.25) is 0 Å². The topological polar surface area (TPSA) is 28.7 Å². The molecule has 2 nitrogen and oxygen atoms in total. The molecule has 0 radical (unpaired) electrons. The first-order valence-corrected chi connectivity index (χ1v) is 7.73. The monoisotopic (exact) mass is 250 g/mol. The molecular weight excluding hydrogens is 220 g/mol. The number of aromatic amines is 1. The summed E-state index contributed by atoms with van der Waals surface area (Å²) >= 11 is 0. The van der Waals surface area contributed by atoms with Crippen LogP contribution in [0.5, 0.6) is 0 Å². The summed E-state index contributed by atoms with van der Waals surface area (Å²) in [6.07, 6.45) is 13.8. The number of aromatic nitrogens is 2. The van der Waals surface area contributed by atoms with Gasteiger partial charge in [-0.25, -0.2) is 0 Å². The predicted molar refractivity (Wildman–Crippen MR) is 78.8 cm³/mol. The fourth-order valence-electron chi connectivity index (χ4n) is 2.69. The summed E-state index contributed by atoms with van der Waals surface area (Å²) in [5.74, 6) is 0. The van der Waals surface area contributed by atoms with E-state index in [4.69, 9.17) is 0 Å². The number of rotatable bonds is 10. The van der Waals surface area contributed by atoms with E-state index < -0.39 is 0 Å². The third-order valence-electron chi connectivity index (χ3n) is 4.07. The lowest BCUT2D eigenvalue weighted by Crippen LogP contribution is -2.22. The highest BCUT2D eigenvalue weighted by atomic mass is 15.1. The molecule has 0 fully saturated rings. The van der Waals surface area contributed by atoms with E-state index in [-0.39, 0.29) is 0 Å². The summed E-state index contributed by atoms with van der Waals surface area (Å²) in [5, 5.41) is 7.33. The van der Waals surface area contributed by atoms with Gasteiger partial charge in [0, 0.05) is 17.3 Å². The van der Waals surface area contributed by atoms with Crippen molar-refractivity contribution >= 4 is 0 Å². The van der Waals surface area contributed by atoms with Crippen LogP contribution >= 0.6 is 0 Å². The molecule has 1 N–H and O–H groups in total. The van der Waals surface area contributed by atoms with Crippen molar-refractivity contribution in [3.8, 4) is 0 Å². The van der Waals surface area contributed by atoms with E-state index in [2.05, 4.69) is 37.0 Å². The van der Waals surface area contributed by atoms with Crippen LogP contribution in [0.4, 0.5) is 0 Å². The summed E-state index contributed by atoms with van der Waals surface area (Å²) in [5.41, 5.74) is 1.63. The van der Waals surface area contributed by atoms with Gasteiger partial charge in [-0.2, -0.15) is 5.10 Å². The number of nitrogens with zero attached hydrogens (tertiary/aromatic N) is 1. The van der Waals surface area contributed by atoms with Crippen molar-refractivity contribution in [2.45, 2.75) is 84.0 Å². The lowest BCUT2D eigenvalue weighted by Gasteiger charge is -2.28. The van der Waals surface area contributed by atoms with Crippen LogP contribution in [0.2, 0.25) is 0 Å². The Balaban J connectivity index is 2.51. The van der Waals surface area contributed by atoms with Crippen LogP contribution in [0.3, 0.4) is 0 Å². The minimum Gasteiger partial charge on any atom is -0.282 e. The lowest BCUT2D eigenvalue weighted by molar-refractivity contribution is 0.356. The SMILES string of the molecule is CCCCCCC(C)(CCCCC)c1ccn[nH]1. The van der Waals surface area contributed by atoms with Crippen LogP contribution in [-0.2, 0) is 5.41 Å². The second kappa shape index (κ2) is 8.34. The molecule has 18 heavy (non-hydrogen) atoms. The zero-order chi connectivity index (χ0) is 13.3. The van der Waals surface area contributed by atoms with Crippen molar-refractivity contribution in [2.24, 2.45) is 0 Å². The first kappa shape index (κ1) is 15.3. The van der Waals surface area contributed by atoms with E-state index in [0.717, 1.165) is 0 Å². The average molecular weight is 250 g/mol. The van der Waals surface area contributed by atoms with Crippen molar-refractivity contribution < 1.29 is 0 Å². The van der Waals surface area contributed by atoms with Crippen LogP contribution in [0.25, 0.3) is 0 Å². The molecule has 1 aromatic rings. The van der Waals surface area contributed by atoms with Gasteiger partial charge in [-0.15, -0.1) is 0 Å². The van der Waals surface area contributed by atoms with Crippen molar-refractivity contribution in [3.63, 3.8) is 0 Å².